The highest BCUT2D eigenvalue weighted by Gasteiger charge is 2.15. The van der Waals surface area contributed by atoms with Crippen molar-refractivity contribution in [2.45, 2.75) is 12.5 Å². The Morgan fingerprint density at radius 3 is 1.71 bits per heavy atom. The molecule has 0 heterocycles. The Hall–Kier alpha value is -1.64. The van der Waals surface area contributed by atoms with Crippen LogP contribution in [0.4, 0.5) is 0 Å². The molecule has 2 nitrogen and oxygen atoms in total. The van der Waals surface area contributed by atoms with E-state index in [4.69, 9.17) is 4.74 Å². The Labute approximate surface area is 128 Å². The number of hydrogen-bond acceptors (Lipinski definition) is 1. The lowest BCUT2D eigenvalue weighted by molar-refractivity contribution is -0.870. The van der Waals surface area contributed by atoms with Gasteiger partial charge in [-0.3, -0.25) is 0 Å². The van der Waals surface area contributed by atoms with Crippen LogP contribution in [-0.4, -0.2) is 38.8 Å². The molecule has 0 aliphatic heterocycles. The Balaban J connectivity index is 2.04. The summed E-state index contributed by atoms with van der Waals surface area (Å²) in [5.41, 5.74) is 2.43. The number of nitrogens with zero attached hydrogens (tertiary/aromatic N) is 1. The molecule has 0 N–H and O–H groups in total. The van der Waals surface area contributed by atoms with Gasteiger partial charge in [0.1, 0.15) is 6.10 Å². The third kappa shape index (κ3) is 5.33. The van der Waals surface area contributed by atoms with Gasteiger partial charge in [-0.15, -0.1) is 0 Å². The molecule has 0 aliphatic carbocycles. The molecule has 2 aromatic rings. The highest BCUT2D eigenvalue weighted by atomic mass is 16.5. The van der Waals surface area contributed by atoms with Crippen LogP contribution >= 0.6 is 0 Å². The molecule has 0 atom stereocenters. The SMILES string of the molecule is C[N+](C)(C)CCCOC(c1ccccc1)c1ccccc1. The quantitative estimate of drug-likeness (QED) is 0.553. The Morgan fingerprint density at radius 1 is 0.810 bits per heavy atom. The second kappa shape index (κ2) is 7.39. The molecule has 2 aromatic carbocycles. The van der Waals surface area contributed by atoms with E-state index in [9.17, 15) is 0 Å². The molecule has 2 heteroatoms. The number of quaternary nitrogens is 1. The maximum absolute atomic E-state index is 6.20. The molecular formula is C19H26NO+. The summed E-state index contributed by atoms with van der Waals surface area (Å²) in [6.45, 7) is 1.90. The van der Waals surface area contributed by atoms with Crippen molar-refractivity contribution in [2.24, 2.45) is 0 Å². The van der Waals surface area contributed by atoms with E-state index in [2.05, 4.69) is 69.7 Å². The van der Waals surface area contributed by atoms with Crippen molar-refractivity contribution in [1.82, 2.24) is 0 Å². The second-order valence-corrected chi connectivity index (χ2v) is 6.44. The highest BCUT2D eigenvalue weighted by Crippen LogP contribution is 2.25. The van der Waals surface area contributed by atoms with Crippen molar-refractivity contribution >= 4 is 0 Å². The molecule has 112 valence electrons. The average Bonchev–Trinajstić information content (AvgIpc) is 2.48. The van der Waals surface area contributed by atoms with Gasteiger partial charge < -0.3 is 9.22 Å². The van der Waals surface area contributed by atoms with Crippen LogP contribution in [0.3, 0.4) is 0 Å². The van der Waals surface area contributed by atoms with E-state index < -0.39 is 0 Å². The maximum atomic E-state index is 6.20. The van der Waals surface area contributed by atoms with E-state index in [0.29, 0.717) is 0 Å². The summed E-state index contributed by atoms with van der Waals surface area (Å²) in [6, 6.07) is 20.9. The minimum Gasteiger partial charge on any atom is -0.369 e. The van der Waals surface area contributed by atoms with Gasteiger partial charge in [0.25, 0.3) is 0 Å². The molecule has 0 unspecified atom stereocenters. The lowest BCUT2D eigenvalue weighted by Crippen LogP contribution is -2.35. The number of benzene rings is 2. The van der Waals surface area contributed by atoms with Gasteiger partial charge in [0, 0.05) is 6.42 Å². The van der Waals surface area contributed by atoms with Crippen molar-refractivity contribution in [3.05, 3.63) is 71.8 Å². The summed E-state index contributed by atoms with van der Waals surface area (Å²) in [5.74, 6) is 0. The van der Waals surface area contributed by atoms with E-state index in [1.54, 1.807) is 0 Å². The first-order chi connectivity index (χ1) is 10.1. The molecule has 0 aromatic heterocycles. The summed E-state index contributed by atoms with van der Waals surface area (Å²) < 4.78 is 7.18. The third-order valence-corrected chi connectivity index (χ3v) is 3.46. The van der Waals surface area contributed by atoms with Crippen LogP contribution in [-0.2, 0) is 4.74 Å². The molecular weight excluding hydrogens is 258 g/mol. The van der Waals surface area contributed by atoms with Crippen LogP contribution in [0.15, 0.2) is 60.7 Å². The first kappa shape index (κ1) is 15.7. The van der Waals surface area contributed by atoms with Crippen LogP contribution in [0.5, 0.6) is 0 Å². The maximum Gasteiger partial charge on any atom is 0.108 e. The predicted octanol–water partition coefficient (Wildman–Crippen LogP) is 3.89. The smallest absolute Gasteiger partial charge is 0.108 e. The monoisotopic (exact) mass is 284 g/mol. The lowest BCUT2D eigenvalue weighted by atomic mass is 10.0. The van der Waals surface area contributed by atoms with Crippen molar-refractivity contribution < 1.29 is 9.22 Å². The van der Waals surface area contributed by atoms with Crippen LogP contribution < -0.4 is 0 Å². The summed E-state index contributed by atoms with van der Waals surface area (Å²) >= 11 is 0. The summed E-state index contributed by atoms with van der Waals surface area (Å²) in [5, 5.41) is 0. The summed E-state index contributed by atoms with van der Waals surface area (Å²) in [7, 11) is 6.64. The minimum atomic E-state index is 0.0277. The van der Waals surface area contributed by atoms with Crippen LogP contribution in [0, 0.1) is 0 Å². The van der Waals surface area contributed by atoms with E-state index in [-0.39, 0.29) is 6.10 Å². The van der Waals surface area contributed by atoms with E-state index in [1.165, 1.54) is 11.1 Å². The van der Waals surface area contributed by atoms with Gasteiger partial charge in [-0.25, -0.2) is 0 Å². The fraction of sp³-hybridized carbons (Fsp3) is 0.368. The molecule has 0 saturated carbocycles. The molecule has 0 amide bonds. The standard InChI is InChI=1S/C19H26NO/c1-20(2,3)15-10-16-21-19(17-11-6-4-7-12-17)18-13-8-5-9-14-18/h4-9,11-14,19H,10,15-16H2,1-3H3/q+1. The van der Waals surface area contributed by atoms with E-state index in [1.807, 2.05) is 12.1 Å². The summed E-state index contributed by atoms with van der Waals surface area (Å²) in [4.78, 5) is 0. The van der Waals surface area contributed by atoms with Gasteiger partial charge in [0.2, 0.25) is 0 Å². The largest absolute Gasteiger partial charge is 0.369 e. The van der Waals surface area contributed by atoms with Crippen molar-refractivity contribution in [1.29, 1.82) is 0 Å². The molecule has 0 radical (unpaired) electrons. The fourth-order valence-electron chi connectivity index (χ4n) is 2.38. The molecule has 0 fully saturated rings. The molecule has 21 heavy (non-hydrogen) atoms. The zero-order valence-electron chi connectivity index (χ0n) is 13.3. The number of ether oxygens (including phenoxy) is 1. The molecule has 0 spiro atoms. The molecule has 2 rings (SSSR count). The van der Waals surface area contributed by atoms with Crippen LogP contribution in [0.2, 0.25) is 0 Å². The van der Waals surface area contributed by atoms with Gasteiger partial charge in [-0.2, -0.15) is 0 Å². The Morgan fingerprint density at radius 2 is 1.29 bits per heavy atom. The van der Waals surface area contributed by atoms with Crippen molar-refractivity contribution in [2.75, 3.05) is 34.3 Å². The van der Waals surface area contributed by atoms with Crippen molar-refractivity contribution in [3.8, 4) is 0 Å². The topological polar surface area (TPSA) is 9.23 Å². The molecule has 0 saturated heterocycles. The van der Waals surface area contributed by atoms with Crippen molar-refractivity contribution in [3.63, 3.8) is 0 Å². The number of hydrogen-bond donors (Lipinski definition) is 0. The second-order valence-electron chi connectivity index (χ2n) is 6.44. The first-order valence-electron chi connectivity index (χ1n) is 7.58. The molecule has 0 aliphatic rings. The van der Waals surface area contributed by atoms with Crippen LogP contribution in [0.1, 0.15) is 23.7 Å². The summed E-state index contributed by atoms with van der Waals surface area (Å²) in [6.07, 6.45) is 1.10. The predicted molar refractivity (Wildman–Crippen MR) is 88.2 cm³/mol. The van der Waals surface area contributed by atoms with Gasteiger partial charge in [-0.1, -0.05) is 60.7 Å². The molecule has 0 bridgehead atoms. The normalized spacial score (nSPS) is 11.8. The third-order valence-electron chi connectivity index (χ3n) is 3.46. The Kier molecular flexibility index (Phi) is 5.54. The zero-order valence-corrected chi connectivity index (χ0v) is 13.3. The Bertz CT molecular complexity index is 477. The van der Waals surface area contributed by atoms with E-state index >= 15 is 0 Å². The van der Waals surface area contributed by atoms with E-state index in [0.717, 1.165) is 24.1 Å². The van der Waals surface area contributed by atoms with Gasteiger partial charge in [0.15, 0.2) is 0 Å². The van der Waals surface area contributed by atoms with Gasteiger partial charge >= 0.3 is 0 Å². The zero-order chi connectivity index (χ0) is 15.1. The van der Waals surface area contributed by atoms with Gasteiger partial charge in [0.05, 0.1) is 34.3 Å². The first-order valence-corrected chi connectivity index (χ1v) is 7.58. The fourth-order valence-corrected chi connectivity index (χ4v) is 2.38. The lowest BCUT2D eigenvalue weighted by Gasteiger charge is -2.25. The van der Waals surface area contributed by atoms with Gasteiger partial charge in [-0.05, 0) is 11.1 Å². The number of rotatable bonds is 7. The average molecular weight is 284 g/mol. The van der Waals surface area contributed by atoms with Crippen LogP contribution in [0.25, 0.3) is 0 Å². The highest BCUT2D eigenvalue weighted by molar-refractivity contribution is 5.29. The minimum absolute atomic E-state index is 0.0277.